The van der Waals surface area contributed by atoms with Crippen molar-refractivity contribution in [2.24, 2.45) is 5.10 Å². The number of anilines is 1. The van der Waals surface area contributed by atoms with E-state index in [1.807, 2.05) is 19.1 Å². The van der Waals surface area contributed by atoms with E-state index in [0.29, 0.717) is 22.0 Å². The summed E-state index contributed by atoms with van der Waals surface area (Å²) in [7, 11) is 0. The number of hydrazone groups is 1. The van der Waals surface area contributed by atoms with Gasteiger partial charge in [-0.2, -0.15) is 5.10 Å². The van der Waals surface area contributed by atoms with Crippen molar-refractivity contribution < 1.29 is 9.59 Å². The van der Waals surface area contributed by atoms with Gasteiger partial charge in [-0.1, -0.05) is 44.5 Å². The fraction of sp³-hybridized carbons (Fsp3) is 0.318. The standard InChI is InChI=1S/C22H26ClN3O2/c1-14-12-18(23)10-11-19(14)24-20(27)13-15(2)25-26-21(28)16-6-8-17(9-7-16)22(3,4)5/h6-12H,13H2,1-5H3,(H,24,27)(H,26,28)/b25-15-. The number of hydrogen-bond acceptors (Lipinski definition) is 3. The van der Waals surface area contributed by atoms with Gasteiger partial charge in [0.1, 0.15) is 0 Å². The molecule has 0 aliphatic rings. The maximum atomic E-state index is 12.2. The van der Waals surface area contributed by atoms with Crippen LogP contribution in [0.5, 0.6) is 0 Å². The highest BCUT2D eigenvalue weighted by Crippen LogP contribution is 2.22. The first kappa shape index (κ1) is 21.6. The summed E-state index contributed by atoms with van der Waals surface area (Å²) in [6.07, 6.45) is 0.0747. The molecule has 0 aliphatic carbocycles. The van der Waals surface area contributed by atoms with Crippen LogP contribution in [0.15, 0.2) is 47.6 Å². The topological polar surface area (TPSA) is 70.6 Å². The van der Waals surface area contributed by atoms with Crippen molar-refractivity contribution >= 4 is 34.8 Å². The zero-order chi connectivity index (χ0) is 20.9. The highest BCUT2D eigenvalue weighted by atomic mass is 35.5. The van der Waals surface area contributed by atoms with Crippen molar-refractivity contribution in [1.29, 1.82) is 0 Å². The Morgan fingerprint density at radius 3 is 2.29 bits per heavy atom. The Labute approximate surface area is 171 Å². The summed E-state index contributed by atoms with van der Waals surface area (Å²) in [6.45, 7) is 9.91. The molecule has 0 spiro atoms. The van der Waals surface area contributed by atoms with Crippen LogP contribution in [0.25, 0.3) is 0 Å². The van der Waals surface area contributed by atoms with Crippen molar-refractivity contribution in [1.82, 2.24) is 5.43 Å². The molecular weight excluding hydrogens is 374 g/mol. The second-order valence-corrected chi connectivity index (χ2v) is 8.24. The Bertz CT molecular complexity index is 897. The normalized spacial score (nSPS) is 11.9. The molecule has 0 aromatic heterocycles. The van der Waals surface area contributed by atoms with E-state index in [1.165, 1.54) is 0 Å². The molecular formula is C22H26ClN3O2. The largest absolute Gasteiger partial charge is 0.326 e. The molecule has 2 aromatic carbocycles. The number of carbonyl (C=O) groups is 2. The van der Waals surface area contributed by atoms with Gasteiger partial charge in [0.05, 0.1) is 6.42 Å². The summed E-state index contributed by atoms with van der Waals surface area (Å²) in [5.41, 5.74) is 6.27. The van der Waals surface area contributed by atoms with Gasteiger partial charge in [0, 0.05) is 22.0 Å². The summed E-state index contributed by atoms with van der Waals surface area (Å²) >= 11 is 5.92. The quantitative estimate of drug-likeness (QED) is 0.543. The molecule has 0 heterocycles. The second kappa shape index (κ2) is 9.02. The summed E-state index contributed by atoms with van der Waals surface area (Å²) < 4.78 is 0. The fourth-order valence-corrected chi connectivity index (χ4v) is 2.79. The zero-order valence-corrected chi connectivity index (χ0v) is 17.6. The van der Waals surface area contributed by atoms with Gasteiger partial charge in [-0.05, 0) is 60.7 Å². The van der Waals surface area contributed by atoms with Crippen LogP contribution in [0, 0.1) is 6.92 Å². The number of amides is 2. The number of rotatable bonds is 5. The number of nitrogens with zero attached hydrogens (tertiary/aromatic N) is 1. The first-order valence-electron chi connectivity index (χ1n) is 9.06. The Hall–Kier alpha value is -2.66. The molecule has 0 saturated heterocycles. The van der Waals surface area contributed by atoms with Gasteiger partial charge in [0.2, 0.25) is 5.91 Å². The van der Waals surface area contributed by atoms with Gasteiger partial charge in [-0.3, -0.25) is 9.59 Å². The minimum absolute atomic E-state index is 0.0273. The van der Waals surface area contributed by atoms with Crippen LogP contribution in [0.3, 0.4) is 0 Å². The molecule has 2 N–H and O–H groups in total. The zero-order valence-electron chi connectivity index (χ0n) is 16.9. The van der Waals surface area contributed by atoms with Gasteiger partial charge < -0.3 is 5.32 Å². The van der Waals surface area contributed by atoms with E-state index in [4.69, 9.17) is 11.6 Å². The molecule has 148 valence electrons. The SMILES string of the molecule is C/C(CC(=O)Nc1ccc(Cl)cc1C)=N/NC(=O)c1ccc(C(C)(C)C)cc1. The number of aryl methyl sites for hydroxylation is 1. The molecule has 2 aromatic rings. The number of benzene rings is 2. The van der Waals surface area contributed by atoms with E-state index >= 15 is 0 Å². The van der Waals surface area contributed by atoms with Gasteiger partial charge >= 0.3 is 0 Å². The maximum absolute atomic E-state index is 12.2. The predicted molar refractivity (Wildman–Crippen MR) is 115 cm³/mol. The van der Waals surface area contributed by atoms with Crippen molar-refractivity contribution in [3.8, 4) is 0 Å². The molecule has 6 heteroatoms. The smallest absolute Gasteiger partial charge is 0.271 e. The molecule has 0 unspecified atom stereocenters. The maximum Gasteiger partial charge on any atom is 0.271 e. The molecule has 0 saturated carbocycles. The number of carbonyl (C=O) groups excluding carboxylic acids is 2. The molecule has 0 aliphatic heterocycles. The third-order valence-electron chi connectivity index (χ3n) is 4.24. The molecule has 0 bridgehead atoms. The van der Waals surface area contributed by atoms with Crippen LogP contribution in [0.4, 0.5) is 5.69 Å². The molecule has 5 nitrogen and oxygen atoms in total. The predicted octanol–water partition coefficient (Wildman–Crippen LogP) is 5.08. The lowest BCUT2D eigenvalue weighted by atomic mass is 9.87. The third-order valence-corrected chi connectivity index (χ3v) is 4.48. The first-order valence-corrected chi connectivity index (χ1v) is 9.44. The summed E-state index contributed by atoms with van der Waals surface area (Å²) in [4.78, 5) is 24.4. The van der Waals surface area contributed by atoms with Crippen LogP contribution in [-0.4, -0.2) is 17.5 Å². The van der Waals surface area contributed by atoms with Crippen molar-refractivity contribution in [2.75, 3.05) is 5.32 Å². The lowest BCUT2D eigenvalue weighted by Crippen LogP contribution is -2.22. The van der Waals surface area contributed by atoms with Gasteiger partial charge in [0.15, 0.2) is 0 Å². The summed E-state index contributed by atoms with van der Waals surface area (Å²) in [5, 5.41) is 7.46. The summed E-state index contributed by atoms with van der Waals surface area (Å²) in [5.74, 6) is -0.524. The molecule has 0 atom stereocenters. The first-order chi connectivity index (χ1) is 13.1. The summed E-state index contributed by atoms with van der Waals surface area (Å²) in [6, 6.07) is 12.7. The highest BCUT2D eigenvalue weighted by Gasteiger charge is 2.14. The van der Waals surface area contributed by atoms with Crippen molar-refractivity contribution in [2.45, 2.75) is 46.5 Å². The Morgan fingerprint density at radius 2 is 1.71 bits per heavy atom. The van der Waals surface area contributed by atoms with E-state index in [9.17, 15) is 9.59 Å². The van der Waals surface area contributed by atoms with Gasteiger partial charge in [-0.15, -0.1) is 0 Å². The average Bonchev–Trinajstić information content (AvgIpc) is 2.61. The van der Waals surface area contributed by atoms with Gasteiger partial charge in [0.25, 0.3) is 5.91 Å². The fourth-order valence-electron chi connectivity index (χ4n) is 2.57. The van der Waals surface area contributed by atoms with Crippen LogP contribution in [0.2, 0.25) is 5.02 Å². The molecule has 28 heavy (non-hydrogen) atoms. The molecule has 2 amide bonds. The molecule has 0 radical (unpaired) electrons. The van der Waals surface area contributed by atoms with Crippen LogP contribution in [-0.2, 0) is 10.2 Å². The van der Waals surface area contributed by atoms with E-state index in [2.05, 4.69) is 36.6 Å². The molecule has 2 rings (SSSR count). The van der Waals surface area contributed by atoms with E-state index in [1.54, 1.807) is 37.3 Å². The number of hydrogen-bond donors (Lipinski definition) is 2. The van der Waals surface area contributed by atoms with Crippen molar-refractivity contribution in [3.05, 3.63) is 64.2 Å². The van der Waals surface area contributed by atoms with Gasteiger partial charge in [-0.25, -0.2) is 5.43 Å². The van der Waals surface area contributed by atoms with Crippen LogP contribution >= 0.6 is 11.6 Å². The third kappa shape index (κ3) is 6.20. The average molecular weight is 400 g/mol. The van der Waals surface area contributed by atoms with Crippen LogP contribution < -0.4 is 10.7 Å². The Balaban J connectivity index is 1.92. The lowest BCUT2D eigenvalue weighted by Gasteiger charge is -2.18. The minimum Gasteiger partial charge on any atom is -0.326 e. The van der Waals surface area contributed by atoms with E-state index < -0.39 is 0 Å². The molecule has 0 fully saturated rings. The van der Waals surface area contributed by atoms with Crippen LogP contribution in [0.1, 0.15) is 55.6 Å². The highest BCUT2D eigenvalue weighted by molar-refractivity contribution is 6.30. The van der Waals surface area contributed by atoms with E-state index in [0.717, 1.165) is 11.1 Å². The number of halogens is 1. The Morgan fingerprint density at radius 1 is 1.07 bits per heavy atom. The minimum atomic E-state index is -0.311. The lowest BCUT2D eigenvalue weighted by molar-refractivity contribution is -0.115. The number of nitrogens with one attached hydrogen (secondary N) is 2. The second-order valence-electron chi connectivity index (χ2n) is 7.80. The monoisotopic (exact) mass is 399 g/mol. The van der Waals surface area contributed by atoms with E-state index in [-0.39, 0.29) is 23.7 Å². The van der Waals surface area contributed by atoms with Crippen molar-refractivity contribution in [3.63, 3.8) is 0 Å². The Kier molecular flexibility index (Phi) is 6.97.